The van der Waals surface area contributed by atoms with Gasteiger partial charge in [-0.15, -0.1) is 11.3 Å². The van der Waals surface area contributed by atoms with Gasteiger partial charge in [0.25, 0.3) is 11.4 Å². The molecule has 15 nitrogen and oxygen atoms in total. The number of imidazole rings is 1. The van der Waals surface area contributed by atoms with E-state index in [0.717, 1.165) is 22.2 Å². The van der Waals surface area contributed by atoms with Gasteiger partial charge in [0.2, 0.25) is 5.28 Å². The molecule has 0 saturated carbocycles. The first-order valence-corrected chi connectivity index (χ1v) is 15.4. The third kappa shape index (κ3) is 6.77. The minimum Gasteiger partial charge on any atom is -0.465 e. The van der Waals surface area contributed by atoms with E-state index in [0.29, 0.717) is 5.56 Å². The molecule has 1 saturated heterocycles. The molecule has 0 aliphatic carbocycles. The van der Waals surface area contributed by atoms with Crippen molar-refractivity contribution in [3.05, 3.63) is 33.5 Å². The number of nitrogens with zero attached hydrogens (tertiary/aromatic N) is 4. The van der Waals surface area contributed by atoms with Gasteiger partial charge in [0.05, 0.1) is 32.8 Å². The van der Waals surface area contributed by atoms with Crippen molar-refractivity contribution in [2.75, 3.05) is 39.3 Å². The summed E-state index contributed by atoms with van der Waals surface area (Å²) in [6, 6.07) is 1.43. The van der Waals surface area contributed by atoms with E-state index in [9.17, 15) is 19.2 Å². The number of halogens is 2. The second kappa shape index (κ2) is 14.2. The van der Waals surface area contributed by atoms with Crippen molar-refractivity contribution in [1.82, 2.24) is 19.5 Å². The number of nitrogens with two attached hydrogens (primary N) is 1. The van der Waals surface area contributed by atoms with Gasteiger partial charge in [-0.3, -0.25) is 9.36 Å². The monoisotopic (exact) mass is 685 g/mol. The van der Waals surface area contributed by atoms with Gasteiger partial charge in [0.15, 0.2) is 17.6 Å². The Kier molecular flexibility index (Phi) is 10.8. The van der Waals surface area contributed by atoms with E-state index in [4.69, 9.17) is 45.8 Å². The quantitative estimate of drug-likeness (QED) is 0.119. The molecular formula is C28H33ClFN5O10S. The lowest BCUT2D eigenvalue weighted by Crippen LogP contribution is -2.55. The van der Waals surface area contributed by atoms with Crippen LogP contribution in [0.1, 0.15) is 42.9 Å². The Morgan fingerprint density at radius 1 is 1.22 bits per heavy atom. The van der Waals surface area contributed by atoms with Crippen LogP contribution in [0.2, 0.25) is 5.28 Å². The van der Waals surface area contributed by atoms with Crippen molar-refractivity contribution in [2.24, 2.45) is 5.92 Å². The smallest absolute Gasteiger partial charge is 0.350 e. The minimum atomic E-state index is -2.63. The van der Waals surface area contributed by atoms with Crippen LogP contribution in [0, 0.1) is 5.92 Å². The second-order valence-electron chi connectivity index (χ2n) is 10.4. The van der Waals surface area contributed by atoms with Gasteiger partial charge in [0.1, 0.15) is 29.4 Å². The number of esters is 4. The Balaban J connectivity index is 1.74. The molecule has 18 heteroatoms. The first-order chi connectivity index (χ1) is 21.8. The molecule has 0 radical (unpaired) electrons. The topological polar surface area (TPSA) is 193 Å². The average molecular weight is 686 g/mol. The van der Waals surface area contributed by atoms with Crippen LogP contribution < -0.4 is 5.73 Å². The number of hydrogen-bond acceptors (Lipinski definition) is 15. The zero-order valence-corrected chi connectivity index (χ0v) is 27.2. The fourth-order valence-corrected chi connectivity index (χ4v) is 5.69. The summed E-state index contributed by atoms with van der Waals surface area (Å²) >= 11 is 7.01. The lowest BCUT2D eigenvalue weighted by molar-refractivity contribution is -0.198. The van der Waals surface area contributed by atoms with Crippen molar-refractivity contribution >= 4 is 63.8 Å². The number of methoxy groups -OCH3 is 1. The molecule has 1 fully saturated rings. The molecule has 3 aromatic rings. The fraction of sp³-hybridized carbons (Fsp3) is 0.536. The third-order valence-corrected chi connectivity index (χ3v) is 8.11. The maximum absolute atomic E-state index is 17.1. The largest absolute Gasteiger partial charge is 0.465 e. The van der Waals surface area contributed by atoms with Crippen LogP contribution in [0.4, 0.5) is 10.2 Å². The van der Waals surface area contributed by atoms with Crippen LogP contribution >= 0.6 is 22.9 Å². The molecular weight excluding hydrogens is 653 g/mol. The Hall–Kier alpha value is -3.93. The van der Waals surface area contributed by atoms with Crippen molar-refractivity contribution < 1.29 is 52.0 Å². The van der Waals surface area contributed by atoms with Crippen molar-refractivity contribution in [3.8, 4) is 0 Å². The number of ether oxygens (including phenoxy) is 6. The van der Waals surface area contributed by atoms with E-state index < -0.39 is 73.0 Å². The molecule has 0 aromatic carbocycles. The van der Waals surface area contributed by atoms with Crippen LogP contribution in [-0.4, -0.2) is 94.7 Å². The van der Waals surface area contributed by atoms with Gasteiger partial charge in [-0.2, -0.15) is 9.97 Å². The van der Waals surface area contributed by atoms with Gasteiger partial charge in [0, 0.05) is 6.42 Å². The fourth-order valence-electron chi connectivity index (χ4n) is 4.69. The molecule has 0 bridgehead atoms. The van der Waals surface area contributed by atoms with Crippen molar-refractivity contribution in [1.29, 1.82) is 0 Å². The number of nitrogen functional groups attached to an aromatic ring is 1. The summed E-state index contributed by atoms with van der Waals surface area (Å²) in [6.45, 7) is 4.59. The predicted octanol–water partition coefficient (Wildman–Crippen LogP) is 2.62. The zero-order valence-electron chi connectivity index (χ0n) is 25.6. The number of fused-ring (bicyclic) bond motifs is 1. The highest BCUT2D eigenvalue weighted by atomic mass is 35.5. The number of aromatic nitrogens is 4. The molecule has 0 spiro atoms. The highest BCUT2D eigenvalue weighted by Gasteiger charge is 2.58. The molecule has 3 aromatic heterocycles. The van der Waals surface area contributed by atoms with Crippen molar-refractivity contribution in [3.63, 3.8) is 0 Å². The summed E-state index contributed by atoms with van der Waals surface area (Å²) in [5, 5.41) is 1.26. The molecule has 4 rings (SSSR count). The maximum atomic E-state index is 17.1. The number of alkyl halides is 1. The van der Waals surface area contributed by atoms with Gasteiger partial charge >= 0.3 is 23.9 Å². The lowest BCUT2D eigenvalue weighted by Gasteiger charge is -2.32. The Bertz CT molecular complexity index is 1600. The first-order valence-electron chi connectivity index (χ1n) is 14.1. The number of thiophene rings is 1. The number of carbonyl (C=O) groups excluding carboxylic acids is 4. The van der Waals surface area contributed by atoms with E-state index >= 15 is 4.39 Å². The van der Waals surface area contributed by atoms with Crippen LogP contribution in [0.3, 0.4) is 0 Å². The van der Waals surface area contributed by atoms with Crippen LogP contribution in [0.15, 0.2) is 17.8 Å². The first kappa shape index (κ1) is 34.9. The zero-order chi connectivity index (χ0) is 33.8. The number of carbonyl (C=O) groups is 4. The summed E-state index contributed by atoms with van der Waals surface area (Å²) in [5.41, 5.74) is 3.78. The Morgan fingerprint density at radius 2 is 1.89 bits per heavy atom. The predicted molar refractivity (Wildman–Crippen MR) is 160 cm³/mol. The second-order valence-corrected chi connectivity index (χ2v) is 11.7. The normalized spacial score (nSPS) is 19.7. The standard InChI is InChI=1S/C28H33ClFN5O10S/c1-6-41-24(38)27(25(39)42-7-2,9-15-8-17(46-11-15)23(37)40-5)44-10-16-19(45-22(36)14(3)4)28(30,12-43-16)35-13-32-18-20(31)33-26(29)34-21(18)35/h8,11,13-14,16,19H,6-7,9-10,12H2,1-5H3,(H2,31,33,34)/t16-,19-,28?/m1/s1. The van der Waals surface area contributed by atoms with E-state index in [-0.39, 0.29) is 40.4 Å². The molecule has 2 N–H and O–H groups in total. The summed E-state index contributed by atoms with van der Waals surface area (Å²) in [7, 11) is 1.21. The molecule has 1 aliphatic heterocycles. The number of anilines is 1. The summed E-state index contributed by atoms with van der Waals surface area (Å²) in [6.07, 6.45) is -2.42. The molecule has 0 amide bonds. The van der Waals surface area contributed by atoms with Gasteiger partial charge in [-0.05, 0) is 42.5 Å². The molecule has 1 aliphatic rings. The average Bonchev–Trinajstić information content (AvgIpc) is 3.73. The van der Waals surface area contributed by atoms with Crippen LogP contribution in [0.25, 0.3) is 11.2 Å². The molecule has 46 heavy (non-hydrogen) atoms. The molecule has 4 heterocycles. The van der Waals surface area contributed by atoms with Crippen LogP contribution in [0.5, 0.6) is 0 Å². The SMILES string of the molecule is CCOC(=O)C(Cc1csc(C(=O)OC)c1)(OC[C@H]1OCC(F)(n2cnc3c(N)nc(Cl)nc32)[C@@H]1OC(=O)C(C)C)C(=O)OCC. The highest BCUT2D eigenvalue weighted by molar-refractivity contribution is 7.12. The van der Waals surface area contributed by atoms with E-state index in [2.05, 4.69) is 15.0 Å². The Labute approximate surface area is 271 Å². The van der Waals surface area contributed by atoms with E-state index in [1.54, 1.807) is 13.8 Å². The Morgan fingerprint density at radius 3 is 2.50 bits per heavy atom. The van der Waals surface area contributed by atoms with Gasteiger partial charge < -0.3 is 34.2 Å². The summed E-state index contributed by atoms with van der Waals surface area (Å²) in [4.78, 5) is 64.0. The van der Waals surface area contributed by atoms with E-state index in [1.165, 1.54) is 32.4 Å². The van der Waals surface area contributed by atoms with Gasteiger partial charge in [-0.25, -0.2) is 23.8 Å². The lowest BCUT2D eigenvalue weighted by atomic mass is 9.95. The van der Waals surface area contributed by atoms with E-state index in [1.807, 2.05) is 0 Å². The van der Waals surface area contributed by atoms with Crippen molar-refractivity contribution in [2.45, 2.75) is 57.7 Å². The number of rotatable bonds is 13. The summed E-state index contributed by atoms with van der Waals surface area (Å²) in [5.74, 6) is -6.98. The molecule has 3 atom stereocenters. The maximum Gasteiger partial charge on any atom is 0.350 e. The van der Waals surface area contributed by atoms with Gasteiger partial charge in [-0.1, -0.05) is 13.8 Å². The third-order valence-electron chi connectivity index (χ3n) is 6.98. The highest BCUT2D eigenvalue weighted by Crippen LogP contribution is 2.40. The molecule has 1 unspecified atom stereocenters. The number of hydrogen-bond donors (Lipinski definition) is 1. The molecule has 250 valence electrons. The summed E-state index contributed by atoms with van der Waals surface area (Å²) < 4.78 is 50.7. The minimum absolute atomic E-state index is 0.0424. The van der Waals surface area contributed by atoms with Crippen LogP contribution in [-0.2, 0) is 55.0 Å².